The number of hydrogen-bond donors (Lipinski definition) is 1. The standard InChI is InChI=1S/C15H25NO/c1-5-7-14(16)13-10-11(3)9-12(4)15(13)17-8-6-2/h9-10,14H,5-8,16H2,1-4H3. The molecule has 1 unspecified atom stereocenters. The Morgan fingerprint density at radius 2 is 1.88 bits per heavy atom. The minimum absolute atomic E-state index is 0.0884. The third-order valence-electron chi connectivity index (χ3n) is 2.90. The SMILES string of the molecule is CCCOc1c(C)cc(C)cc1C(N)CCC. The van der Waals surface area contributed by atoms with Crippen molar-refractivity contribution in [3.63, 3.8) is 0 Å². The minimum atomic E-state index is 0.0884. The molecule has 0 fully saturated rings. The fourth-order valence-electron chi connectivity index (χ4n) is 2.13. The van der Waals surface area contributed by atoms with Crippen molar-refractivity contribution in [1.29, 1.82) is 0 Å². The largest absolute Gasteiger partial charge is 0.493 e. The van der Waals surface area contributed by atoms with E-state index in [0.717, 1.165) is 37.2 Å². The predicted octanol–water partition coefficient (Wildman–Crippen LogP) is 3.89. The lowest BCUT2D eigenvalue weighted by Crippen LogP contribution is -2.13. The summed E-state index contributed by atoms with van der Waals surface area (Å²) in [6.07, 6.45) is 3.13. The van der Waals surface area contributed by atoms with E-state index in [9.17, 15) is 0 Å². The Labute approximate surface area is 105 Å². The topological polar surface area (TPSA) is 35.2 Å². The maximum atomic E-state index is 6.24. The molecule has 0 heterocycles. The van der Waals surface area contributed by atoms with Crippen LogP contribution in [0.3, 0.4) is 0 Å². The molecule has 0 aromatic heterocycles. The lowest BCUT2D eigenvalue weighted by atomic mass is 9.97. The highest BCUT2D eigenvalue weighted by atomic mass is 16.5. The summed E-state index contributed by atoms with van der Waals surface area (Å²) in [5.41, 5.74) is 9.85. The number of aryl methyl sites for hydroxylation is 2. The molecule has 0 saturated heterocycles. The fraction of sp³-hybridized carbons (Fsp3) is 0.600. The normalized spacial score (nSPS) is 12.5. The van der Waals surface area contributed by atoms with E-state index in [-0.39, 0.29) is 6.04 Å². The van der Waals surface area contributed by atoms with E-state index in [1.54, 1.807) is 0 Å². The van der Waals surface area contributed by atoms with Crippen LogP contribution in [0.2, 0.25) is 0 Å². The molecule has 1 atom stereocenters. The van der Waals surface area contributed by atoms with Crippen molar-refractivity contribution in [2.24, 2.45) is 5.73 Å². The van der Waals surface area contributed by atoms with E-state index in [0.29, 0.717) is 0 Å². The average Bonchev–Trinajstić information content (AvgIpc) is 2.27. The molecule has 0 amide bonds. The molecule has 2 nitrogen and oxygen atoms in total. The summed E-state index contributed by atoms with van der Waals surface area (Å²) in [6, 6.07) is 4.41. The predicted molar refractivity (Wildman–Crippen MR) is 73.5 cm³/mol. The van der Waals surface area contributed by atoms with Crippen molar-refractivity contribution in [3.05, 3.63) is 28.8 Å². The van der Waals surface area contributed by atoms with Crippen LogP contribution < -0.4 is 10.5 Å². The van der Waals surface area contributed by atoms with Gasteiger partial charge >= 0.3 is 0 Å². The Kier molecular flexibility index (Phi) is 5.49. The van der Waals surface area contributed by atoms with E-state index >= 15 is 0 Å². The molecule has 2 heteroatoms. The van der Waals surface area contributed by atoms with Crippen molar-refractivity contribution in [2.75, 3.05) is 6.61 Å². The molecule has 0 aliphatic carbocycles. The van der Waals surface area contributed by atoms with E-state index in [4.69, 9.17) is 10.5 Å². The molecule has 1 rings (SSSR count). The zero-order chi connectivity index (χ0) is 12.8. The van der Waals surface area contributed by atoms with E-state index < -0.39 is 0 Å². The van der Waals surface area contributed by atoms with Gasteiger partial charge in [0.25, 0.3) is 0 Å². The highest BCUT2D eigenvalue weighted by Gasteiger charge is 2.14. The number of nitrogens with two attached hydrogens (primary N) is 1. The van der Waals surface area contributed by atoms with Crippen LogP contribution in [-0.4, -0.2) is 6.61 Å². The molecule has 0 aliphatic rings. The summed E-state index contributed by atoms with van der Waals surface area (Å²) >= 11 is 0. The van der Waals surface area contributed by atoms with Gasteiger partial charge in [0.15, 0.2) is 0 Å². The summed E-state index contributed by atoms with van der Waals surface area (Å²) < 4.78 is 5.86. The van der Waals surface area contributed by atoms with Crippen LogP contribution in [0.4, 0.5) is 0 Å². The molecule has 0 radical (unpaired) electrons. The zero-order valence-electron chi connectivity index (χ0n) is 11.5. The molecule has 17 heavy (non-hydrogen) atoms. The van der Waals surface area contributed by atoms with Crippen LogP contribution in [0.25, 0.3) is 0 Å². The van der Waals surface area contributed by atoms with Gasteiger partial charge in [0, 0.05) is 11.6 Å². The van der Waals surface area contributed by atoms with E-state index in [1.807, 2.05) is 0 Å². The number of hydrogen-bond acceptors (Lipinski definition) is 2. The van der Waals surface area contributed by atoms with Gasteiger partial charge in [0.2, 0.25) is 0 Å². The Morgan fingerprint density at radius 1 is 1.18 bits per heavy atom. The van der Waals surface area contributed by atoms with Crippen molar-refractivity contribution in [3.8, 4) is 5.75 Å². The van der Waals surface area contributed by atoms with Crippen LogP contribution in [0, 0.1) is 13.8 Å². The van der Waals surface area contributed by atoms with Gasteiger partial charge in [0.05, 0.1) is 6.61 Å². The van der Waals surface area contributed by atoms with Crippen LogP contribution in [0.1, 0.15) is 55.8 Å². The van der Waals surface area contributed by atoms with Crippen molar-refractivity contribution < 1.29 is 4.74 Å². The first-order valence-electron chi connectivity index (χ1n) is 6.59. The monoisotopic (exact) mass is 235 g/mol. The van der Waals surface area contributed by atoms with Gasteiger partial charge in [-0.25, -0.2) is 0 Å². The summed E-state index contributed by atoms with van der Waals surface area (Å²) in [5.74, 6) is 0.999. The van der Waals surface area contributed by atoms with E-state index in [2.05, 4.69) is 39.8 Å². The summed E-state index contributed by atoms with van der Waals surface area (Å²) in [5, 5.41) is 0. The third kappa shape index (κ3) is 3.74. The smallest absolute Gasteiger partial charge is 0.126 e. The minimum Gasteiger partial charge on any atom is -0.493 e. The van der Waals surface area contributed by atoms with Crippen molar-refractivity contribution >= 4 is 0 Å². The fourth-order valence-corrected chi connectivity index (χ4v) is 2.13. The summed E-state index contributed by atoms with van der Waals surface area (Å²) in [4.78, 5) is 0. The number of ether oxygens (including phenoxy) is 1. The number of rotatable bonds is 6. The van der Waals surface area contributed by atoms with Gasteiger partial charge < -0.3 is 10.5 Å². The van der Waals surface area contributed by atoms with Crippen LogP contribution >= 0.6 is 0 Å². The van der Waals surface area contributed by atoms with E-state index in [1.165, 1.54) is 11.1 Å². The van der Waals surface area contributed by atoms with Gasteiger partial charge in [0.1, 0.15) is 5.75 Å². The van der Waals surface area contributed by atoms with Crippen LogP contribution in [-0.2, 0) is 0 Å². The Balaban J connectivity index is 3.05. The van der Waals surface area contributed by atoms with Gasteiger partial charge in [-0.15, -0.1) is 0 Å². The second-order valence-electron chi connectivity index (χ2n) is 4.74. The molecule has 1 aromatic carbocycles. The lowest BCUT2D eigenvalue weighted by Gasteiger charge is -2.19. The molecule has 1 aromatic rings. The summed E-state index contributed by atoms with van der Waals surface area (Å²) in [6.45, 7) is 9.25. The first kappa shape index (κ1) is 14.0. The maximum absolute atomic E-state index is 6.24. The van der Waals surface area contributed by atoms with Crippen LogP contribution in [0.5, 0.6) is 5.75 Å². The molecular weight excluding hydrogens is 210 g/mol. The molecule has 2 N–H and O–H groups in total. The lowest BCUT2D eigenvalue weighted by molar-refractivity contribution is 0.309. The van der Waals surface area contributed by atoms with Gasteiger partial charge in [-0.3, -0.25) is 0 Å². The second kappa shape index (κ2) is 6.65. The molecule has 0 saturated carbocycles. The number of benzene rings is 1. The first-order chi connectivity index (χ1) is 8.10. The van der Waals surface area contributed by atoms with Gasteiger partial charge in [-0.2, -0.15) is 0 Å². The Hall–Kier alpha value is -1.02. The van der Waals surface area contributed by atoms with Crippen molar-refractivity contribution in [2.45, 2.75) is 53.0 Å². The molecule has 0 spiro atoms. The molecule has 96 valence electrons. The van der Waals surface area contributed by atoms with Crippen molar-refractivity contribution in [1.82, 2.24) is 0 Å². The third-order valence-corrected chi connectivity index (χ3v) is 2.90. The Bertz CT molecular complexity index is 360. The van der Waals surface area contributed by atoms with Crippen LogP contribution in [0.15, 0.2) is 12.1 Å². The van der Waals surface area contributed by atoms with Gasteiger partial charge in [-0.05, 0) is 32.3 Å². The average molecular weight is 235 g/mol. The van der Waals surface area contributed by atoms with Gasteiger partial charge in [-0.1, -0.05) is 38.0 Å². The highest BCUT2D eigenvalue weighted by Crippen LogP contribution is 2.31. The Morgan fingerprint density at radius 3 is 2.47 bits per heavy atom. The summed E-state index contributed by atoms with van der Waals surface area (Å²) in [7, 11) is 0. The zero-order valence-corrected chi connectivity index (χ0v) is 11.5. The molecular formula is C15H25NO. The molecule has 0 bridgehead atoms. The highest BCUT2D eigenvalue weighted by molar-refractivity contribution is 5.45. The molecule has 0 aliphatic heterocycles. The quantitative estimate of drug-likeness (QED) is 0.811. The maximum Gasteiger partial charge on any atom is 0.126 e. The first-order valence-corrected chi connectivity index (χ1v) is 6.59. The second-order valence-corrected chi connectivity index (χ2v) is 4.74.